The number of hydrogen-bond acceptors (Lipinski definition) is 4. The maximum absolute atomic E-state index is 14.1. The molecule has 142 valence electrons. The third-order valence-corrected chi connectivity index (χ3v) is 6.09. The van der Waals surface area contributed by atoms with Crippen LogP contribution in [-0.2, 0) is 0 Å². The molecule has 1 saturated carbocycles. The molecule has 0 spiro atoms. The summed E-state index contributed by atoms with van der Waals surface area (Å²) in [5.41, 5.74) is 11.0. The summed E-state index contributed by atoms with van der Waals surface area (Å²) in [4.78, 5) is 20.2. The molecule has 1 aliphatic carbocycles. The number of pyridine rings is 2. The van der Waals surface area contributed by atoms with Crippen molar-refractivity contribution in [3.8, 4) is 11.1 Å². The molecule has 28 heavy (non-hydrogen) atoms. The van der Waals surface area contributed by atoms with E-state index in [4.69, 9.17) is 5.73 Å². The molecule has 3 aromatic heterocycles. The number of nitrogens with one attached hydrogen (secondary N) is 2. The highest BCUT2D eigenvalue weighted by Gasteiger charge is 2.47. The quantitative estimate of drug-likeness (QED) is 0.491. The molecule has 1 aliphatic rings. The average Bonchev–Trinajstić information content (AvgIpc) is 3.05. The normalized spacial score (nSPS) is 18.1. The molecule has 7 heteroatoms. The first-order valence-corrected chi connectivity index (χ1v) is 9.22. The molecule has 1 aromatic carbocycles. The molecule has 0 saturated heterocycles. The Bertz CT molecular complexity index is 1330. The van der Waals surface area contributed by atoms with Crippen molar-refractivity contribution in [2.24, 2.45) is 5.41 Å². The molecule has 5 rings (SSSR count). The highest BCUT2D eigenvalue weighted by Crippen LogP contribution is 2.59. The molecule has 0 bridgehead atoms. The van der Waals surface area contributed by atoms with E-state index >= 15 is 0 Å². The number of aryl methyl sites for hydroxylation is 1. The van der Waals surface area contributed by atoms with Gasteiger partial charge in [0.15, 0.2) is 0 Å². The molecule has 0 radical (unpaired) electrons. The van der Waals surface area contributed by atoms with E-state index in [1.807, 2.05) is 13.1 Å². The summed E-state index contributed by atoms with van der Waals surface area (Å²) >= 11 is 0. The number of aromatic amines is 2. The molecule has 1 fully saturated rings. The zero-order valence-electron chi connectivity index (χ0n) is 15.9. The van der Waals surface area contributed by atoms with Gasteiger partial charge in [-0.25, -0.2) is 4.39 Å². The second-order valence-electron chi connectivity index (χ2n) is 8.30. The van der Waals surface area contributed by atoms with Gasteiger partial charge in [-0.3, -0.25) is 14.9 Å². The lowest BCUT2D eigenvalue weighted by Gasteiger charge is -2.15. The predicted octanol–water partition coefficient (Wildman–Crippen LogP) is 4.01. The van der Waals surface area contributed by atoms with E-state index in [1.54, 1.807) is 6.07 Å². The van der Waals surface area contributed by atoms with Gasteiger partial charge in [0.1, 0.15) is 17.0 Å². The Morgan fingerprint density at radius 2 is 2.00 bits per heavy atom. The Labute approximate surface area is 160 Å². The first-order valence-electron chi connectivity index (χ1n) is 9.22. The van der Waals surface area contributed by atoms with Gasteiger partial charge in [-0.2, -0.15) is 5.10 Å². The van der Waals surface area contributed by atoms with Crippen molar-refractivity contribution in [2.45, 2.75) is 33.1 Å². The lowest BCUT2D eigenvalue weighted by atomic mass is 9.95. The van der Waals surface area contributed by atoms with E-state index in [-0.39, 0.29) is 22.2 Å². The Hall–Kier alpha value is -3.22. The lowest BCUT2D eigenvalue weighted by molar-refractivity contribution is 0.620. The van der Waals surface area contributed by atoms with E-state index in [1.165, 1.54) is 12.3 Å². The van der Waals surface area contributed by atoms with Gasteiger partial charge in [0.25, 0.3) is 5.56 Å². The number of aromatic nitrogens is 4. The summed E-state index contributed by atoms with van der Waals surface area (Å²) in [6.07, 6.45) is 4.52. The predicted molar refractivity (Wildman–Crippen MR) is 108 cm³/mol. The molecule has 4 N–H and O–H groups in total. The summed E-state index contributed by atoms with van der Waals surface area (Å²) in [5.74, 6) is 0.0201. The van der Waals surface area contributed by atoms with Crippen LogP contribution < -0.4 is 11.3 Å². The van der Waals surface area contributed by atoms with E-state index in [2.05, 4.69) is 34.0 Å². The van der Waals surface area contributed by atoms with Gasteiger partial charge in [0, 0.05) is 17.1 Å². The number of fused-ring (bicyclic) bond motifs is 2. The van der Waals surface area contributed by atoms with E-state index in [0.717, 1.165) is 17.5 Å². The summed E-state index contributed by atoms with van der Waals surface area (Å²) < 4.78 is 14.1. The van der Waals surface area contributed by atoms with Gasteiger partial charge in [-0.05, 0) is 47.4 Å². The number of nitrogens with two attached hydrogens (primary N) is 1. The van der Waals surface area contributed by atoms with Crippen LogP contribution in [0, 0.1) is 18.2 Å². The summed E-state index contributed by atoms with van der Waals surface area (Å²) in [7, 11) is 0. The minimum atomic E-state index is -0.411. The minimum absolute atomic E-state index is 0.0630. The first kappa shape index (κ1) is 16.9. The summed E-state index contributed by atoms with van der Waals surface area (Å²) in [6.45, 7) is 6.46. The number of anilines is 1. The molecule has 1 unspecified atom stereocenters. The maximum Gasteiger partial charge on any atom is 0.272 e. The third kappa shape index (κ3) is 2.22. The van der Waals surface area contributed by atoms with Crippen molar-refractivity contribution < 1.29 is 4.39 Å². The van der Waals surface area contributed by atoms with Crippen LogP contribution in [0.25, 0.3) is 33.1 Å². The fourth-order valence-corrected chi connectivity index (χ4v) is 4.22. The maximum atomic E-state index is 14.1. The number of H-pyrrole nitrogens is 2. The summed E-state index contributed by atoms with van der Waals surface area (Å²) in [5, 5.41) is 7.17. The fourth-order valence-electron chi connectivity index (χ4n) is 4.22. The molecule has 6 nitrogen and oxygen atoms in total. The second kappa shape index (κ2) is 5.41. The molecular formula is C21H20FN5O. The smallest absolute Gasteiger partial charge is 0.272 e. The van der Waals surface area contributed by atoms with Crippen LogP contribution in [0.2, 0.25) is 0 Å². The Morgan fingerprint density at radius 1 is 1.25 bits per heavy atom. The van der Waals surface area contributed by atoms with Crippen molar-refractivity contribution in [3.05, 3.63) is 51.8 Å². The van der Waals surface area contributed by atoms with Crippen LogP contribution in [0.5, 0.6) is 0 Å². The van der Waals surface area contributed by atoms with E-state index < -0.39 is 5.82 Å². The van der Waals surface area contributed by atoms with Gasteiger partial charge in [0.05, 0.1) is 17.2 Å². The number of halogens is 1. The van der Waals surface area contributed by atoms with Gasteiger partial charge in [-0.1, -0.05) is 19.9 Å². The number of nitrogen functional groups attached to an aromatic ring is 1. The zero-order chi connectivity index (χ0) is 19.8. The molecule has 3 heterocycles. The standard InChI is InChI=1S/C21H20FN5O/c1-9-11(13-6-21(13,2)3)7-24-19-15(16(23)20(28)26-17(9)19)10-4-5-14(22)18-12(10)8-25-27-18/h4-5,7-8,13H,6,23H2,1-3H3,(H,25,27)(H,26,28). The highest BCUT2D eigenvalue weighted by atomic mass is 19.1. The van der Waals surface area contributed by atoms with Crippen molar-refractivity contribution in [3.63, 3.8) is 0 Å². The largest absolute Gasteiger partial charge is 0.394 e. The van der Waals surface area contributed by atoms with Crippen molar-refractivity contribution in [1.82, 2.24) is 20.2 Å². The van der Waals surface area contributed by atoms with Gasteiger partial charge < -0.3 is 10.7 Å². The zero-order valence-corrected chi connectivity index (χ0v) is 15.9. The van der Waals surface area contributed by atoms with Crippen molar-refractivity contribution >= 4 is 27.6 Å². The van der Waals surface area contributed by atoms with Crippen LogP contribution in [-0.4, -0.2) is 20.2 Å². The van der Waals surface area contributed by atoms with Crippen molar-refractivity contribution in [2.75, 3.05) is 5.73 Å². The van der Waals surface area contributed by atoms with Gasteiger partial charge in [0.2, 0.25) is 0 Å². The Morgan fingerprint density at radius 3 is 2.71 bits per heavy atom. The minimum Gasteiger partial charge on any atom is -0.394 e. The van der Waals surface area contributed by atoms with Crippen LogP contribution in [0.4, 0.5) is 10.1 Å². The van der Waals surface area contributed by atoms with Crippen LogP contribution in [0.1, 0.15) is 37.3 Å². The summed E-state index contributed by atoms with van der Waals surface area (Å²) in [6, 6.07) is 2.96. The monoisotopic (exact) mass is 377 g/mol. The average molecular weight is 377 g/mol. The number of hydrogen-bond donors (Lipinski definition) is 3. The number of rotatable bonds is 2. The fraction of sp³-hybridized carbons (Fsp3) is 0.286. The molecule has 0 amide bonds. The third-order valence-electron chi connectivity index (χ3n) is 6.09. The first-order chi connectivity index (χ1) is 13.3. The number of benzene rings is 1. The Kier molecular flexibility index (Phi) is 3.27. The molecule has 4 aromatic rings. The van der Waals surface area contributed by atoms with Gasteiger partial charge in [-0.15, -0.1) is 0 Å². The molecular weight excluding hydrogens is 357 g/mol. The van der Waals surface area contributed by atoms with Crippen LogP contribution in [0.3, 0.4) is 0 Å². The second-order valence-corrected chi connectivity index (χ2v) is 8.30. The van der Waals surface area contributed by atoms with E-state index in [9.17, 15) is 9.18 Å². The van der Waals surface area contributed by atoms with Crippen LogP contribution in [0.15, 0.2) is 29.3 Å². The molecule has 0 aliphatic heterocycles. The van der Waals surface area contributed by atoms with Crippen LogP contribution >= 0.6 is 0 Å². The van der Waals surface area contributed by atoms with Crippen molar-refractivity contribution in [1.29, 1.82) is 0 Å². The molecule has 1 atom stereocenters. The Balaban J connectivity index is 1.85. The number of nitrogens with zero attached hydrogens (tertiary/aromatic N) is 2. The lowest BCUT2D eigenvalue weighted by Crippen LogP contribution is -2.15. The topological polar surface area (TPSA) is 100 Å². The SMILES string of the molecule is Cc1c(C2CC2(C)C)cnc2c(-c3ccc(F)c4[nH]ncc34)c(N)c(=O)[nH]c12. The van der Waals surface area contributed by atoms with E-state index in [0.29, 0.717) is 33.5 Å². The highest BCUT2D eigenvalue weighted by molar-refractivity contribution is 6.06. The van der Waals surface area contributed by atoms with Gasteiger partial charge >= 0.3 is 0 Å².